The quantitative estimate of drug-likeness (QED) is 0.673. The van der Waals surface area contributed by atoms with Crippen LogP contribution in [0.3, 0.4) is 0 Å². The van der Waals surface area contributed by atoms with Gasteiger partial charge in [0.1, 0.15) is 0 Å². The molecule has 2 atom stereocenters. The number of rotatable bonds is 3. The third-order valence-electron chi connectivity index (χ3n) is 2.84. The largest absolute Gasteiger partial charge is 0.390 e. The molecular formula is C9H15ClF3N. The second kappa shape index (κ2) is 4.71. The fourth-order valence-electron chi connectivity index (χ4n) is 1.89. The summed E-state index contributed by atoms with van der Waals surface area (Å²) < 4.78 is 35.9. The summed E-state index contributed by atoms with van der Waals surface area (Å²) in [7, 11) is 0. The Morgan fingerprint density at radius 3 is 2.57 bits per heavy atom. The molecule has 14 heavy (non-hydrogen) atoms. The SMILES string of the molecule is CC1CCN(CCC(F)(F)F)C1CCl. The lowest BCUT2D eigenvalue weighted by molar-refractivity contribution is -0.138. The summed E-state index contributed by atoms with van der Waals surface area (Å²) in [6, 6.07) is 0.124. The lowest BCUT2D eigenvalue weighted by Gasteiger charge is -2.25. The van der Waals surface area contributed by atoms with Gasteiger partial charge in [-0.25, -0.2) is 0 Å². The average molecular weight is 230 g/mol. The van der Waals surface area contributed by atoms with Crippen LogP contribution in [0.1, 0.15) is 19.8 Å². The normalized spacial score (nSPS) is 29.8. The third kappa shape index (κ3) is 3.31. The van der Waals surface area contributed by atoms with Gasteiger partial charge in [0.15, 0.2) is 0 Å². The highest BCUT2D eigenvalue weighted by Gasteiger charge is 2.34. The van der Waals surface area contributed by atoms with E-state index in [-0.39, 0.29) is 12.6 Å². The maximum absolute atomic E-state index is 12.0. The van der Waals surface area contributed by atoms with Crippen molar-refractivity contribution in [3.63, 3.8) is 0 Å². The van der Waals surface area contributed by atoms with Crippen molar-refractivity contribution >= 4 is 11.6 Å². The molecule has 0 bridgehead atoms. The van der Waals surface area contributed by atoms with E-state index in [9.17, 15) is 13.2 Å². The van der Waals surface area contributed by atoms with E-state index >= 15 is 0 Å². The van der Waals surface area contributed by atoms with Crippen molar-refractivity contribution in [3.8, 4) is 0 Å². The molecule has 2 unspecified atom stereocenters. The summed E-state index contributed by atoms with van der Waals surface area (Å²) in [5, 5.41) is 0. The fourth-order valence-corrected chi connectivity index (χ4v) is 2.38. The number of alkyl halides is 4. The Bertz CT molecular complexity index is 183. The molecule has 0 radical (unpaired) electrons. The second-order valence-corrected chi connectivity index (χ2v) is 4.20. The standard InChI is InChI=1S/C9H15ClF3N/c1-7-2-4-14(8(7)6-10)5-3-9(11,12)13/h7-8H,2-6H2,1H3. The van der Waals surface area contributed by atoms with Gasteiger partial charge in [0.25, 0.3) is 0 Å². The van der Waals surface area contributed by atoms with E-state index < -0.39 is 12.6 Å². The summed E-state index contributed by atoms with van der Waals surface area (Å²) in [6.07, 6.45) is -3.83. The van der Waals surface area contributed by atoms with Gasteiger partial charge in [-0.15, -0.1) is 11.6 Å². The molecule has 0 saturated carbocycles. The number of hydrogen-bond acceptors (Lipinski definition) is 1. The molecule has 0 N–H and O–H groups in total. The molecule has 5 heteroatoms. The van der Waals surface area contributed by atoms with Gasteiger partial charge in [-0.05, 0) is 18.9 Å². The highest BCUT2D eigenvalue weighted by molar-refractivity contribution is 6.18. The molecular weight excluding hydrogens is 215 g/mol. The second-order valence-electron chi connectivity index (χ2n) is 3.89. The van der Waals surface area contributed by atoms with Crippen molar-refractivity contribution in [2.24, 2.45) is 5.92 Å². The van der Waals surface area contributed by atoms with E-state index in [2.05, 4.69) is 0 Å². The van der Waals surface area contributed by atoms with Gasteiger partial charge < -0.3 is 0 Å². The molecule has 0 aromatic heterocycles. The van der Waals surface area contributed by atoms with Crippen LogP contribution in [0.5, 0.6) is 0 Å². The molecule has 1 rings (SSSR count). The highest BCUT2D eigenvalue weighted by Crippen LogP contribution is 2.27. The summed E-state index contributed by atoms with van der Waals surface area (Å²) in [6.45, 7) is 2.88. The van der Waals surface area contributed by atoms with Crippen molar-refractivity contribution < 1.29 is 13.2 Å². The van der Waals surface area contributed by atoms with E-state index in [1.165, 1.54) is 0 Å². The predicted octanol–water partition coefficient (Wildman–Crippen LogP) is 2.89. The zero-order valence-electron chi connectivity index (χ0n) is 8.15. The number of halogens is 4. The van der Waals surface area contributed by atoms with Crippen LogP contribution >= 0.6 is 11.6 Å². The monoisotopic (exact) mass is 229 g/mol. The number of hydrogen-bond donors (Lipinski definition) is 0. The maximum Gasteiger partial charge on any atom is 0.390 e. The van der Waals surface area contributed by atoms with Crippen LogP contribution in [0.15, 0.2) is 0 Å². The Hall–Kier alpha value is 0.0400. The minimum absolute atomic E-state index is 0.0885. The smallest absolute Gasteiger partial charge is 0.299 e. The van der Waals surface area contributed by atoms with Gasteiger partial charge in [-0.3, -0.25) is 4.90 Å². The van der Waals surface area contributed by atoms with Gasteiger partial charge in [0.2, 0.25) is 0 Å². The zero-order valence-corrected chi connectivity index (χ0v) is 8.91. The lowest BCUT2D eigenvalue weighted by Crippen LogP contribution is -2.36. The summed E-state index contributed by atoms with van der Waals surface area (Å²) in [4.78, 5) is 1.85. The molecule has 1 aliphatic rings. The first kappa shape index (κ1) is 12.1. The first-order valence-electron chi connectivity index (χ1n) is 4.81. The van der Waals surface area contributed by atoms with E-state index in [1.54, 1.807) is 0 Å². The van der Waals surface area contributed by atoms with E-state index in [0.29, 0.717) is 11.8 Å². The number of likely N-dealkylation sites (tertiary alicyclic amines) is 1. The summed E-state index contributed by atoms with van der Waals surface area (Å²) >= 11 is 5.72. The fraction of sp³-hybridized carbons (Fsp3) is 1.00. The van der Waals surface area contributed by atoms with Crippen LogP contribution in [0.2, 0.25) is 0 Å². The summed E-state index contributed by atoms with van der Waals surface area (Å²) in [5.41, 5.74) is 0. The molecule has 1 fully saturated rings. The third-order valence-corrected chi connectivity index (χ3v) is 3.15. The van der Waals surface area contributed by atoms with Gasteiger partial charge in [-0.1, -0.05) is 6.92 Å². The average Bonchev–Trinajstić information content (AvgIpc) is 2.41. The van der Waals surface area contributed by atoms with Crippen LogP contribution in [-0.4, -0.2) is 36.1 Å². The Morgan fingerprint density at radius 1 is 1.43 bits per heavy atom. The van der Waals surface area contributed by atoms with Crippen molar-refractivity contribution in [2.45, 2.75) is 32.0 Å². The Kier molecular flexibility index (Phi) is 4.07. The van der Waals surface area contributed by atoms with Gasteiger partial charge in [0, 0.05) is 18.5 Å². The highest BCUT2D eigenvalue weighted by atomic mass is 35.5. The van der Waals surface area contributed by atoms with Gasteiger partial charge in [0.05, 0.1) is 6.42 Å². The van der Waals surface area contributed by atoms with Crippen molar-refractivity contribution in [3.05, 3.63) is 0 Å². The molecule has 1 heterocycles. The molecule has 84 valence electrons. The molecule has 0 spiro atoms. The topological polar surface area (TPSA) is 3.24 Å². The van der Waals surface area contributed by atoms with Crippen LogP contribution < -0.4 is 0 Å². The van der Waals surface area contributed by atoms with Gasteiger partial charge >= 0.3 is 6.18 Å². The Labute approximate surface area is 87.2 Å². The van der Waals surface area contributed by atoms with Crippen molar-refractivity contribution in [1.29, 1.82) is 0 Å². The van der Waals surface area contributed by atoms with E-state index in [1.807, 2.05) is 11.8 Å². The first-order chi connectivity index (χ1) is 6.44. The van der Waals surface area contributed by atoms with Crippen molar-refractivity contribution in [2.75, 3.05) is 19.0 Å². The van der Waals surface area contributed by atoms with Gasteiger partial charge in [-0.2, -0.15) is 13.2 Å². The minimum Gasteiger partial charge on any atom is -0.299 e. The van der Waals surface area contributed by atoms with Crippen LogP contribution in [0.4, 0.5) is 13.2 Å². The molecule has 0 aromatic carbocycles. The molecule has 0 aliphatic carbocycles. The zero-order chi connectivity index (χ0) is 10.8. The Balaban J connectivity index is 2.38. The van der Waals surface area contributed by atoms with Crippen LogP contribution in [0, 0.1) is 5.92 Å². The van der Waals surface area contributed by atoms with E-state index in [4.69, 9.17) is 11.6 Å². The summed E-state index contributed by atoms with van der Waals surface area (Å²) in [5.74, 6) is 0.847. The maximum atomic E-state index is 12.0. The van der Waals surface area contributed by atoms with Crippen LogP contribution in [-0.2, 0) is 0 Å². The predicted molar refractivity (Wildman–Crippen MR) is 50.5 cm³/mol. The van der Waals surface area contributed by atoms with E-state index in [0.717, 1.165) is 13.0 Å². The molecule has 0 aromatic rings. The van der Waals surface area contributed by atoms with Crippen LogP contribution in [0.25, 0.3) is 0 Å². The Morgan fingerprint density at radius 2 is 2.07 bits per heavy atom. The molecule has 1 aliphatic heterocycles. The lowest BCUT2D eigenvalue weighted by atomic mass is 10.1. The molecule has 0 amide bonds. The van der Waals surface area contributed by atoms with Crippen molar-refractivity contribution in [1.82, 2.24) is 4.90 Å². The molecule has 1 saturated heterocycles. The number of nitrogens with zero attached hydrogens (tertiary/aromatic N) is 1. The first-order valence-corrected chi connectivity index (χ1v) is 5.34. The molecule has 1 nitrogen and oxygen atoms in total. The minimum atomic E-state index is -4.05.